The molecule has 3 atom stereocenters. The molecule has 2 saturated heterocycles. The molecule has 2 aliphatic rings. The highest BCUT2D eigenvalue weighted by atomic mass is 32.2. The Labute approximate surface area is 109 Å². The number of hydrogen-bond acceptors (Lipinski definition) is 4. The molecule has 2 rings (SSSR count). The van der Waals surface area contributed by atoms with E-state index in [0.717, 1.165) is 26.1 Å². The van der Waals surface area contributed by atoms with Crippen LogP contribution in [0.2, 0.25) is 0 Å². The fourth-order valence-electron chi connectivity index (χ4n) is 3.25. The number of likely N-dealkylation sites (tertiary alicyclic amines) is 1. The van der Waals surface area contributed by atoms with Crippen molar-refractivity contribution in [3.8, 4) is 0 Å². The number of amides is 1. The molecule has 18 heavy (non-hydrogen) atoms. The van der Waals surface area contributed by atoms with Crippen molar-refractivity contribution in [1.29, 1.82) is 0 Å². The first-order valence-electron chi connectivity index (χ1n) is 6.60. The SMILES string of the molecule is CCC1C2CNCC2CN1C(=O)CCS(C)(=O)=O. The molecular weight excluding hydrogens is 252 g/mol. The summed E-state index contributed by atoms with van der Waals surface area (Å²) in [5, 5.41) is 3.37. The minimum absolute atomic E-state index is 0.00155. The Bertz CT molecular complexity index is 421. The normalized spacial score (nSPS) is 31.7. The third-order valence-electron chi connectivity index (χ3n) is 4.14. The van der Waals surface area contributed by atoms with Gasteiger partial charge >= 0.3 is 0 Å². The Hall–Kier alpha value is -0.620. The van der Waals surface area contributed by atoms with Gasteiger partial charge in [0.05, 0.1) is 5.75 Å². The Morgan fingerprint density at radius 2 is 2.11 bits per heavy atom. The van der Waals surface area contributed by atoms with Gasteiger partial charge in [0, 0.05) is 38.4 Å². The number of carbonyl (C=O) groups is 1. The Balaban J connectivity index is 1.98. The lowest BCUT2D eigenvalue weighted by atomic mass is 9.93. The van der Waals surface area contributed by atoms with Crippen LogP contribution in [0, 0.1) is 11.8 Å². The van der Waals surface area contributed by atoms with Gasteiger partial charge < -0.3 is 10.2 Å². The molecule has 3 unspecified atom stereocenters. The summed E-state index contributed by atoms with van der Waals surface area (Å²) < 4.78 is 22.2. The van der Waals surface area contributed by atoms with Gasteiger partial charge in [-0.3, -0.25) is 4.79 Å². The molecule has 0 saturated carbocycles. The van der Waals surface area contributed by atoms with E-state index in [1.165, 1.54) is 6.26 Å². The molecule has 2 aliphatic heterocycles. The van der Waals surface area contributed by atoms with Crippen LogP contribution in [0.15, 0.2) is 0 Å². The zero-order valence-electron chi connectivity index (χ0n) is 11.1. The fraction of sp³-hybridized carbons (Fsp3) is 0.917. The van der Waals surface area contributed by atoms with Gasteiger partial charge in [0.1, 0.15) is 9.84 Å². The molecule has 5 nitrogen and oxygen atoms in total. The van der Waals surface area contributed by atoms with E-state index in [2.05, 4.69) is 12.2 Å². The highest BCUT2D eigenvalue weighted by Gasteiger charge is 2.44. The van der Waals surface area contributed by atoms with Gasteiger partial charge in [0.15, 0.2) is 0 Å². The lowest BCUT2D eigenvalue weighted by Crippen LogP contribution is -2.40. The van der Waals surface area contributed by atoms with Gasteiger partial charge in [-0.1, -0.05) is 6.92 Å². The van der Waals surface area contributed by atoms with Gasteiger partial charge in [-0.05, 0) is 18.3 Å². The lowest BCUT2D eigenvalue weighted by Gasteiger charge is -2.27. The van der Waals surface area contributed by atoms with Gasteiger partial charge in [-0.25, -0.2) is 8.42 Å². The smallest absolute Gasteiger partial charge is 0.223 e. The van der Waals surface area contributed by atoms with E-state index in [4.69, 9.17) is 0 Å². The van der Waals surface area contributed by atoms with E-state index < -0.39 is 9.84 Å². The number of nitrogens with zero attached hydrogens (tertiary/aromatic N) is 1. The highest BCUT2D eigenvalue weighted by molar-refractivity contribution is 7.90. The quantitative estimate of drug-likeness (QED) is 0.776. The summed E-state index contributed by atoms with van der Waals surface area (Å²) in [6.45, 7) is 4.86. The molecule has 0 aliphatic carbocycles. The maximum atomic E-state index is 12.1. The number of hydrogen-bond donors (Lipinski definition) is 1. The summed E-state index contributed by atoms with van der Waals surface area (Å²) in [5.41, 5.74) is 0. The number of carbonyl (C=O) groups excluding carboxylic acids is 1. The minimum atomic E-state index is -3.05. The van der Waals surface area contributed by atoms with Crippen molar-refractivity contribution in [3.63, 3.8) is 0 Å². The Morgan fingerprint density at radius 3 is 2.72 bits per heavy atom. The van der Waals surface area contributed by atoms with Gasteiger partial charge in [0.2, 0.25) is 5.91 Å². The molecule has 0 aromatic heterocycles. The van der Waals surface area contributed by atoms with Crippen molar-refractivity contribution in [1.82, 2.24) is 10.2 Å². The number of sulfone groups is 1. The van der Waals surface area contributed by atoms with Gasteiger partial charge in [-0.2, -0.15) is 0 Å². The maximum absolute atomic E-state index is 12.1. The molecular formula is C12H22N2O3S. The zero-order valence-corrected chi connectivity index (χ0v) is 11.9. The first kappa shape index (κ1) is 13.8. The summed E-state index contributed by atoms with van der Waals surface area (Å²) in [5.74, 6) is 1.07. The summed E-state index contributed by atoms with van der Waals surface area (Å²) in [6.07, 6.45) is 2.26. The van der Waals surface area contributed by atoms with Crippen LogP contribution in [0.5, 0.6) is 0 Å². The largest absolute Gasteiger partial charge is 0.339 e. The lowest BCUT2D eigenvalue weighted by molar-refractivity contribution is -0.132. The Morgan fingerprint density at radius 1 is 1.39 bits per heavy atom. The highest BCUT2D eigenvalue weighted by Crippen LogP contribution is 2.34. The molecule has 2 fully saturated rings. The molecule has 0 aromatic carbocycles. The molecule has 6 heteroatoms. The van der Waals surface area contributed by atoms with E-state index in [1.807, 2.05) is 4.90 Å². The first-order chi connectivity index (χ1) is 8.42. The van der Waals surface area contributed by atoms with E-state index in [1.54, 1.807) is 0 Å². The van der Waals surface area contributed by atoms with Crippen molar-refractivity contribution < 1.29 is 13.2 Å². The van der Waals surface area contributed by atoms with E-state index in [9.17, 15) is 13.2 Å². The molecule has 0 spiro atoms. The van der Waals surface area contributed by atoms with Crippen LogP contribution in [0.1, 0.15) is 19.8 Å². The van der Waals surface area contributed by atoms with Crippen LogP contribution >= 0.6 is 0 Å². The van der Waals surface area contributed by atoms with E-state index in [-0.39, 0.29) is 24.1 Å². The monoisotopic (exact) mass is 274 g/mol. The number of rotatable bonds is 4. The van der Waals surface area contributed by atoms with Crippen molar-refractivity contribution in [2.45, 2.75) is 25.8 Å². The van der Waals surface area contributed by atoms with Crippen LogP contribution in [-0.2, 0) is 14.6 Å². The van der Waals surface area contributed by atoms with E-state index >= 15 is 0 Å². The van der Waals surface area contributed by atoms with E-state index in [0.29, 0.717) is 11.8 Å². The average molecular weight is 274 g/mol. The van der Waals surface area contributed by atoms with Crippen LogP contribution in [0.3, 0.4) is 0 Å². The van der Waals surface area contributed by atoms with Crippen molar-refractivity contribution in [2.24, 2.45) is 11.8 Å². The third-order valence-corrected chi connectivity index (χ3v) is 5.09. The molecule has 2 heterocycles. The third kappa shape index (κ3) is 2.85. The first-order valence-corrected chi connectivity index (χ1v) is 8.66. The second-order valence-corrected chi connectivity index (χ2v) is 7.74. The van der Waals surface area contributed by atoms with Crippen LogP contribution in [0.4, 0.5) is 0 Å². The Kier molecular flexibility index (Phi) is 3.96. The molecule has 1 N–H and O–H groups in total. The maximum Gasteiger partial charge on any atom is 0.223 e. The van der Waals surface area contributed by atoms with Gasteiger partial charge in [0.25, 0.3) is 0 Å². The second kappa shape index (κ2) is 5.17. The predicted octanol–water partition coefficient (Wildman–Crippen LogP) is -0.122. The molecule has 0 bridgehead atoms. The molecule has 1 amide bonds. The van der Waals surface area contributed by atoms with Crippen LogP contribution in [-0.4, -0.2) is 56.9 Å². The minimum Gasteiger partial charge on any atom is -0.339 e. The molecule has 0 radical (unpaired) electrons. The summed E-state index contributed by atoms with van der Waals surface area (Å²) in [6, 6.07) is 0.289. The predicted molar refractivity (Wildman–Crippen MR) is 70.0 cm³/mol. The standard InChI is InChI=1S/C12H22N2O3S/c1-3-11-10-7-13-6-9(10)8-14(11)12(15)4-5-18(2,16)17/h9-11,13H,3-8H2,1-2H3. The topological polar surface area (TPSA) is 66.5 Å². The molecule has 104 valence electrons. The summed E-state index contributed by atoms with van der Waals surface area (Å²) in [7, 11) is -3.05. The zero-order chi connectivity index (χ0) is 13.3. The number of nitrogens with one attached hydrogen (secondary N) is 1. The van der Waals surface area contributed by atoms with Crippen LogP contribution < -0.4 is 5.32 Å². The molecule has 0 aromatic rings. The van der Waals surface area contributed by atoms with Crippen LogP contribution in [0.25, 0.3) is 0 Å². The number of fused-ring (bicyclic) bond motifs is 1. The van der Waals surface area contributed by atoms with Crippen molar-refractivity contribution in [3.05, 3.63) is 0 Å². The average Bonchev–Trinajstić information content (AvgIpc) is 2.83. The summed E-state index contributed by atoms with van der Waals surface area (Å²) >= 11 is 0. The second-order valence-electron chi connectivity index (χ2n) is 5.48. The van der Waals surface area contributed by atoms with Gasteiger partial charge in [-0.15, -0.1) is 0 Å². The summed E-state index contributed by atoms with van der Waals surface area (Å²) in [4.78, 5) is 14.1. The fourth-order valence-corrected chi connectivity index (χ4v) is 3.79. The van der Waals surface area contributed by atoms with Crippen molar-refractivity contribution in [2.75, 3.05) is 31.6 Å². The van der Waals surface area contributed by atoms with Crippen molar-refractivity contribution >= 4 is 15.7 Å².